The maximum absolute atomic E-state index is 10.6. The van der Waals surface area contributed by atoms with E-state index in [0.717, 1.165) is 77.2 Å². The van der Waals surface area contributed by atoms with Gasteiger partial charge in [-0.3, -0.25) is 0 Å². The Labute approximate surface area is 287 Å². The van der Waals surface area contributed by atoms with E-state index in [0.29, 0.717) is 16.7 Å². The van der Waals surface area contributed by atoms with Crippen LogP contribution in [-0.4, -0.2) is 9.13 Å². The van der Waals surface area contributed by atoms with Gasteiger partial charge in [-0.2, -0.15) is 15.8 Å². The molecule has 0 atom stereocenters. The lowest BCUT2D eigenvalue weighted by molar-refractivity contribution is 1.17. The number of rotatable bonds is 4. The van der Waals surface area contributed by atoms with E-state index in [1.165, 1.54) is 0 Å². The molecule has 2 heterocycles. The first-order chi connectivity index (χ1) is 24.7. The van der Waals surface area contributed by atoms with Gasteiger partial charge in [0.1, 0.15) is 6.07 Å². The second kappa shape index (κ2) is 11.4. The molecule has 5 heteroatoms. The molecule has 9 rings (SSSR count). The molecule has 0 bridgehead atoms. The second-order valence-corrected chi connectivity index (χ2v) is 12.3. The van der Waals surface area contributed by atoms with Crippen LogP contribution in [0.25, 0.3) is 77.2 Å². The van der Waals surface area contributed by atoms with Crippen LogP contribution >= 0.6 is 0 Å². The van der Waals surface area contributed by atoms with Crippen molar-refractivity contribution in [2.75, 3.05) is 0 Å². The zero-order chi connectivity index (χ0) is 33.8. The molecule has 0 fully saturated rings. The molecule has 0 aliphatic carbocycles. The molecule has 0 unspecified atom stereocenters. The number of benzene rings is 7. The van der Waals surface area contributed by atoms with Gasteiger partial charge < -0.3 is 9.13 Å². The molecule has 230 valence electrons. The molecule has 0 amide bonds. The third-order valence-electron chi connectivity index (χ3n) is 9.63. The first-order valence-corrected chi connectivity index (χ1v) is 16.3. The lowest BCUT2D eigenvalue weighted by atomic mass is 9.92. The standard InChI is InChI=1S/C45H25N5/c46-26-29-17-20-44-38(23-29)39-24-30(27-47)18-21-45(39)50(44)41-14-6-3-11-35(41)34-10-2-1-9-33(34)31-19-22-40(32(25-31)28-48)49-42-15-7-4-12-36(42)37-13-5-8-16-43(37)49/h1-25H. The Kier molecular flexibility index (Phi) is 6.56. The van der Waals surface area contributed by atoms with E-state index in [1.807, 2.05) is 78.9 Å². The first-order valence-electron chi connectivity index (χ1n) is 16.3. The summed E-state index contributed by atoms with van der Waals surface area (Å²) in [4.78, 5) is 0. The minimum Gasteiger partial charge on any atom is -0.309 e. The Morgan fingerprint density at radius 1 is 0.360 bits per heavy atom. The van der Waals surface area contributed by atoms with E-state index >= 15 is 0 Å². The van der Waals surface area contributed by atoms with Gasteiger partial charge >= 0.3 is 0 Å². The van der Waals surface area contributed by atoms with Crippen molar-refractivity contribution in [3.63, 3.8) is 0 Å². The first kappa shape index (κ1) is 28.8. The fourth-order valence-corrected chi connectivity index (χ4v) is 7.46. The van der Waals surface area contributed by atoms with Gasteiger partial charge in [-0.05, 0) is 83.4 Å². The average molecular weight is 636 g/mol. The smallest absolute Gasteiger partial charge is 0.101 e. The van der Waals surface area contributed by atoms with E-state index < -0.39 is 0 Å². The van der Waals surface area contributed by atoms with E-state index in [9.17, 15) is 15.8 Å². The van der Waals surface area contributed by atoms with Gasteiger partial charge in [0.15, 0.2) is 0 Å². The normalized spacial score (nSPS) is 11.1. The quantitative estimate of drug-likeness (QED) is 0.193. The summed E-state index contributed by atoms with van der Waals surface area (Å²) in [6.45, 7) is 0. The number of fused-ring (bicyclic) bond motifs is 6. The summed E-state index contributed by atoms with van der Waals surface area (Å²) in [6.07, 6.45) is 0. The van der Waals surface area contributed by atoms with Crippen molar-refractivity contribution < 1.29 is 0 Å². The molecule has 9 aromatic rings. The molecule has 0 aliphatic heterocycles. The number of para-hydroxylation sites is 3. The summed E-state index contributed by atoms with van der Waals surface area (Å²) in [5.41, 5.74) is 11.5. The Morgan fingerprint density at radius 2 is 0.860 bits per heavy atom. The number of hydrogen-bond donors (Lipinski definition) is 0. The van der Waals surface area contributed by atoms with Gasteiger partial charge in [-0.1, -0.05) is 84.9 Å². The van der Waals surface area contributed by atoms with Crippen molar-refractivity contribution in [2.24, 2.45) is 0 Å². The van der Waals surface area contributed by atoms with Crippen LogP contribution in [0, 0.1) is 34.0 Å². The van der Waals surface area contributed by atoms with Crippen LogP contribution < -0.4 is 0 Å². The SMILES string of the molecule is N#Cc1ccc2c(c1)c1cc(C#N)ccc1n2-c1ccccc1-c1ccccc1-c1ccc(-n2c3ccccc3c3ccccc32)c(C#N)c1. The van der Waals surface area contributed by atoms with Crippen LogP contribution in [0.1, 0.15) is 16.7 Å². The van der Waals surface area contributed by atoms with Crippen LogP contribution in [0.2, 0.25) is 0 Å². The Bertz CT molecular complexity index is 2850. The van der Waals surface area contributed by atoms with Crippen molar-refractivity contribution in [2.45, 2.75) is 0 Å². The zero-order valence-electron chi connectivity index (χ0n) is 26.7. The Balaban J connectivity index is 1.25. The maximum atomic E-state index is 10.6. The number of hydrogen-bond acceptors (Lipinski definition) is 3. The number of nitriles is 3. The van der Waals surface area contributed by atoms with Crippen molar-refractivity contribution in [3.8, 4) is 51.8 Å². The summed E-state index contributed by atoms with van der Waals surface area (Å²) in [6, 6.07) is 57.8. The highest BCUT2D eigenvalue weighted by Gasteiger charge is 2.20. The van der Waals surface area contributed by atoms with Crippen LogP contribution in [0.5, 0.6) is 0 Å². The summed E-state index contributed by atoms with van der Waals surface area (Å²) in [7, 11) is 0. The maximum Gasteiger partial charge on any atom is 0.101 e. The minimum atomic E-state index is 0.565. The van der Waals surface area contributed by atoms with Gasteiger partial charge in [0.05, 0.1) is 62.3 Å². The predicted octanol–water partition coefficient (Wildman–Crippen LogP) is 10.8. The van der Waals surface area contributed by atoms with Crippen LogP contribution in [0.4, 0.5) is 0 Å². The van der Waals surface area contributed by atoms with Crippen molar-refractivity contribution >= 4 is 43.6 Å². The lowest BCUT2D eigenvalue weighted by Gasteiger charge is -2.18. The topological polar surface area (TPSA) is 81.2 Å². The molecular formula is C45H25N5. The summed E-state index contributed by atoms with van der Waals surface area (Å²) in [5, 5.41) is 34.1. The largest absolute Gasteiger partial charge is 0.309 e. The minimum absolute atomic E-state index is 0.565. The van der Waals surface area contributed by atoms with Crippen LogP contribution in [0.3, 0.4) is 0 Å². The average Bonchev–Trinajstić information content (AvgIpc) is 3.69. The fraction of sp³-hybridized carbons (Fsp3) is 0. The Morgan fingerprint density at radius 3 is 1.46 bits per heavy atom. The van der Waals surface area contributed by atoms with Gasteiger partial charge in [-0.15, -0.1) is 0 Å². The van der Waals surface area contributed by atoms with Crippen LogP contribution in [0.15, 0.2) is 152 Å². The lowest BCUT2D eigenvalue weighted by Crippen LogP contribution is -1.99. The van der Waals surface area contributed by atoms with Crippen LogP contribution in [-0.2, 0) is 0 Å². The molecule has 0 aliphatic rings. The summed E-state index contributed by atoms with van der Waals surface area (Å²) >= 11 is 0. The molecule has 0 saturated heterocycles. The van der Waals surface area contributed by atoms with Gasteiger partial charge in [0, 0.05) is 27.1 Å². The van der Waals surface area contributed by atoms with E-state index in [-0.39, 0.29) is 0 Å². The highest BCUT2D eigenvalue weighted by molar-refractivity contribution is 6.11. The molecule has 0 N–H and O–H groups in total. The molecule has 0 radical (unpaired) electrons. The highest BCUT2D eigenvalue weighted by Crippen LogP contribution is 2.41. The molecule has 5 nitrogen and oxygen atoms in total. The molecule has 0 spiro atoms. The Hall–Kier alpha value is -7.39. The number of aromatic nitrogens is 2. The highest BCUT2D eigenvalue weighted by atomic mass is 15.0. The predicted molar refractivity (Wildman–Crippen MR) is 200 cm³/mol. The van der Waals surface area contributed by atoms with E-state index in [2.05, 4.69) is 100 Å². The second-order valence-electron chi connectivity index (χ2n) is 12.3. The molecular weight excluding hydrogens is 611 g/mol. The van der Waals surface area contributed by atoms with E-state index in [4.69, 9.17) is 0 Å². The molecule has 0 saturated carbocycles. The molecule has 2 aromatic heterocycles. The fourth-order valence-electron chi connectivity index (χ4n) is 7.46. The van der Waals surface area contributed by atoms with Crippen molar-refractivity contribution in [1.29, 1.82) is 15.8 Å². The third kappa shape index (κ3) is 4.31. The monoisotopic (exact) mass is 635 g/mol. The van der Waals surface area contributed by atoms with E-state index in [1.54, 1.807) is 0 Å². The van der Waals surface area contributed by atoms with Gasteiger partial charge in [0.25, 0.3) is 0 Å². The summed E-state index contributed by atoms with van der Waals surface area (Å²) in [5.74, 6) is 0. The molecule has 50 heavy (non-hydrogen) atoms. The van der Waals surface area contributed by atoms with Gasteiger partial charge in [0.2, 0.25) is 0 Å². The van der Waals surface area contributed by atoms with Crippen molar-refractivity contribution in [1.82, 2.24) is 9.13 Å². The third-order valence-corrected chi connectivity index (χ3v) is 9.63. The number of nitrogens with zero attached hydrogens (tertiary/aromatic N) is 5. The van der Waals surface area contributed by atoms with Crippen molar-refractivity contribution in [3.05, 3.63) is 168 Å². The molecule has 7 aromatic carbocycles. The zero-order valence-corrected chi connectivity index (χ0v) is 26.7. The summed E-state index contributed by atoms with van der Waals surface area (Å²) < 4.78 is 4.40. The van der Waals surface area contributed by atoms with Gasteiger partial charge in [-0.25, -0.2) is 0 Å².